The molecule has 0 heterocycles. The maximum atomic E-state index is 13.7. The van der Waals surface area contributed by atoms with E-state index in [-0.39, 0.29) is 16.9 Å². The fraction of sp³-hybridized carbons (Fsp3) is 0.417. The van der Waals surface area contributed by atoms with Crippen LogP contribution >= 0.6 is 0 Å². The highest BCUT2D eigenvalue weighted by Crippen LogP contribution is 2.41. The molecule has 0 aliphatic heterocycles. The number of nitrogens with zero attached hydrogens (tertiary/aromatic N) is 1. The fourth-order valence-electron chi connectivity index (χ4n) is 2.15. The molecule has 1 aliphatic rings. The molecule has 0 fully saturated rings. The summed E-state index contributed by atoms with van der Waals surface area (Å²) < 4.78 is 56.4. The summed E-state index contributed by atoms with van der Waals surface area (Å²) in [4.78, 5) is 0. The van der Waals surface area contributed by atoms with Gasteiger partial charge in [-0.1, -0.05) is 11.2 Å². The Morgan fingerprint density at radius 3 is 2.68 bits per heavy atom. The molecule has 3 nitrogen and oxygen atoms in total. The average molecular weight is 277 g/mol. The van der Waals surface area contributed by atoms with Gasteiger partial charge in [0.2, 0.25) is 0 Å². The first-order valence-corrected chi connectivity index (χ1v) is 5.51. The Kier molecular flexibility index (Phi) is 3.38. The molecule has 1 N–H and O–H groups in total. The molecule has 1 aliphatic carbocycles. The molecule has 0 aromatic heterocycles. The van der Waals surface area contributed by atoms with Gasteiger partial charge in [0.05, 0.1) is 0 Å². The molecule has 19 heavy (non-hydrogen) atoms. The van der Waals surface area contributed by atoms with Gasteiger partial charge in [0.25, 0.3) is 12.3 Å². The van der Waals surface area contributed by atoms with Crippen molar-refractivity contribution >= 4 is 5.71 Å². The lowest BCUT2D eigenvalue weighted by Gasteiger charge is -2.11. The van der Waals surface area contributed by atoms with Gasteiger partial charge in [0.1, 0.15) is 12.4 Å². The lowest BCUT2D eigenvalue weighted by Crippen LogP contribution is -2.25. The highest BCUT2D eigenvalue weighted by atomic mass is 19.3. The van der Waals surface area contributed by atoms with E-state index in [2.05, 4.69) is 5.16 Å². The van der Waals surface area contributed by atoms with Gasteiger partial charge in [-0.2, -0.15) is 8.78 Å². The third-order valence-electron chi connectivity index (χ3n) is 2.93. The van der Waals surface area contributed by atoms with Gasteiger partial charge in [0.15, 0.2) is 5.71 Å². The maximum Gasteiger partial charge on any atom is 0.297 e. The maximum absolute atomic E-state index is 13.7. The third-order valence-corrected chi connectivity index (χ3v) is 2.93. The first kappa shape index (κ1) is 13.6. The number of alkyl halides is 4. The van der Waals surface area contributed by atoms with Crippen molar-refractivity contribution in [1.82, 2.24) is 0 Å². The molecule has 0 atom stereocenters. The molecule has 1 aromatic rings. The van der Waals surface area contributed by atoms with Crippen LogP contribution in [0.25, 0.3) is 0 Å². The van der Waals surface area contributed by atoms with E-state index >= 15 is 0 Å². The molecule has 0 radical (unpaired) electrons. The number of aryl methyl sites for hydroxylation is 1. The normalized spacial score (nSPS) is 18.9. The van der Waals surface area contributed by atoms with Crippen LogP contribution in [-0.4, -0.2) is 29.9 Å². The number of hydrogen-bond acceptors (Lipinski definition) is 3. The van der Waals surface area contributed by atoms with Gasteiger partial charge in [0, 0.05) is 17.5 Å². The van der Waals surface area contributed by atoms with Gasteiger partial charge in [-0.25, -0.2) is 8.78 Å². The second kappa shape index (κ2) is 4.71. The summed E-state index contributed by atoms with van der Waals surface area (Å²) >= 11 is 0. The molecule has 0 bridgehead atoms. The van der Waals surface area contributed by atoms with E-state index in [9.17, 15) is 17.6 Å². The molecule has 0 amide bonds. The van der Waals surface area contributed by atoms with Gasteiger partial charge in [-0.15, -0.1) is 0 Å². The summed E-state index contributed by atoms with van der Waals surface area (Å²) in [5.74, 6) is -3.36. The minimum atomic E-state index is -3.33. The molecule has 104 valence electrons. The van der Waals surface area contributed by atoms with Crippen LogP contribution in [0.5, 0.6) is 5.75 Å². The van der Waals surface area contributed by atoms with E-state index in [0.717, 1.165) is 0 Å². The minimum absolute atomic E-state index is 0.0285. The number of benzene rings is 1. The molecule has 0 saturated carbocycles. The minimum Gasteiger partial charge on any atom is -0.487 e. The second-order valence-electron chi connectivity index (χ2n) is 4.27. The highest BCUT2D eigenvalue weighted by Gasteiger charge is 2.47. The van der Waals surface area contributed by atoms with Crippen molar-refractivity contribution in [2.45, 2.75) is 25.7 Å². The summed E-state index contributed by atoms with van der Waals surface area (Å²) in [5.41, 5.74) is -0.107. The fourth-order valence-corrected chi connectivity index (χ4v) is 2.15. The van der Waals surface area contributed by atoms with Crippen LogP contribution in [0.2, 0.25) is 0 Å². The Morgan fingerprint density at radius 1 is 1.42 bits per heavy atom. The Morgan fingerprint density at radius 2 is 2.11 bits per heavy atom. The number of oxime groups is 1. The standard InChI is InChI=1S/C12H11F4NO2/c1-6-2-3-8(19-5-9(13)14)7-4-12(15,16)11(17-18)10(6)7/h2-3,9,18H,4-5H2,1H3/b17-11-. The topological polar surface area (TPSA) is 41.8 Å². The zero-order valence-electron chi connectivity index (χ0n) is 9.96. The number of ether oxygens (including phenoxy) is 1. The summed E-state index contributed by atoms with van der Waals surface area (Å²) in [5, 5.41) is 11.4. The largest absolute Gasteiger partial charge is 0.487 e. The first-order valence-electron chi connectivity index (χ1n) is 5.51. The zero-order chi connectivity index (χ0) is 14.2. The van der Waals surface area contributed by atoms with Crippen molar-refractivity contribution in [1.29, 1.82) is 0 Å². The Balaban J connectivity index is 2.46. The van der Waals surface area contributed by atoms with Gasteiger partial charge in [-0.05, 0) is 18.6 Å². The Labute approximate surface area is 106 Å². The van der Waals surface area contributed by atoms with Crippen LogP contribution in [0.3, 0.4) is 0 Å². The Hall–Kier alpha value is -1.79. The monoisotopic (exact) mass is 277 g/mol. The van der Waals surface area contributed by atoms with Crippen molar-refractivity contribution in [2.75, 3.05) is 6.61 Å². The SMILES string of the molecule is Cc1ccc(OCC(F)F)c2c1/C(=N/O)C(F)(F)C2. The lowest BCUT2D eigenvalue weighted by molar-refractivity contribution is 0.0743. The molecular formula is C12H11F4NO2. The predicted octanol–water partition coefficient (Wildman–Crippen LogP) is 3.01. The van der Waals surface area contributed by atoms with E-state index in [1.54, 1.807) is 6.92 Å². The highest BCUT2D eigenvalue weighted by molar-refractivity contribution is 6.10. The number of hydrogen-bond donors (Lipinski definition) is 1. The van der Waals surface area contributed by atoms with Crippen molar-refractivity contribution in [2.24, 2.45) is 5.16 Å². The van der Waals surface area contributed by atoms with Crippen LogP contribution in [0.15, 0.2) is 17.3 Å². The summed E-state index contributed by atoms with van der Waals surface area (Å²) in [6.45, 7) is 0.703. The van der Waals surface area contributed by atoms with Crippen LogP contribution in [0, 0.1) is 6.92 Å². The van der Waals surface area contributed by atoms with Crippen LogP contribution in [-0.2, 0) is 6.42 Å². The second-order valence-corrected chi connectivity index (χ2v) is 4.27. The summed E-state index contributed by atoms with van der Waals surface area (Å²) in [6, 6.07) is 2.83. The van der Waals surface area contributed by atoms with E-state index in [0.29, 0.717) is 5.56 Å². The van der Waals surface area contributed by atoms with E-state index in [1.165, 1.54) is 12.1 Å². The summed E-state index contributed by atoms with van der Waals surface area (Å²) in [7, 11) is 0. The average Bonchev–Trinajstić information content (AvgIpc) is 2.59. The van der Waals surface area contributed by atoms with Crippen molar-refractivity contribution in [3.8, 4) is 5.75 Å². The van der Waals surface area contributed by atoms with Gasteiger partial charge < -0.3 is 9.94 Å². The first-order chi connectivity index (χ1) is 8.86. The number of rotatable bonds is 3. The third kappa shape index (κ3) is 2.36. The molecule has 2 rings (SSSR count). The number of halogens is 4. The van der Waals surface area contributed by atoms with Crippen LogP contribution < -0.4 is 4.74 Å². The van der Waals surface area contributed by atoms with E-state index < -0.39 is 31.1 Å². The molecule has 1 aromatic carbocycles. The van der Waals surface area contributed by atoms with E-state index in [4.69, 9.17) is 9.94 Å². The smallest absolute Gasteiger partial charge is 0.297 e. The molecule has 0 saturated heterocycles. The zero-order valence-corrected chi connectivity index (χ0v) is 9.96. The molecule has 7 heteroatoms. The van der Waals surface area contributed by atoms with Gasteiger partial charge >= 0.3 is 0 Å². The quantitative estimate of drug-likeness (QED) is 0.524. The van der Waals surface area contributed by atoms with Crippen molar-refractivity contribution in [3.05, 3.63) is 28.8 Å². The predicted molar refractivity (Wildman–Crippen MR) is 59.7 cm³/mol. The van der Waals surface area contributed by atoms with Crippen LogP contribution in [0.4, 0.5) is 17.6 Å². The number of fused-ring (bicyclic) bond motifs is 1. The lowest BCUT2D eigenvalue weighted by atomic mass is 10.0. The Bertz CT molecular complexity index is 529. The van der Waals surface area contributed by atoms with Crippen molar-refractivity contribution < 1.29 is 27.5 Å². The molecule has 0 spiro atoms. The van der Waals surface area contributed by atoms with Crippen LogP contribution in [0.1, 0.15) is 16.7 Å². The van der Waals surface area contributed by atoms with Crippen molar-refractivity contribution in [3.63, 3.8) is 0 Å². The molecular weight excluding hydrogens is 266 g/mol. The molecule has 0 unspecified atom stereocenters. The van der Waals surface area contributed by atoms with E-state index in [1.807, 2.05) is 0 Å². The summed E-state index contributed by atoms with van der Waals surface area (Å²) in [6.07, 6.45) is -3.41. The van der Waals surface area contributed by atoms with Gasteiger partial charge in [-0.3, -0.25) is 0 Å².